The monoisotopic (exact) mass is 764 g/mol. The van der Waals surface area contributed by atoms with Crippen LogP contribution in [0.15, 0.2) is 72.9 Å². The summed E-state index contributed by atoms with van der Waals surface area (Å²) in [7, 11) is -4.81. The SMILES string of the molecule is CC/C=C\C/C=C\C/C=C\C/C=C\C/C=C\C=C/C(O)CCC(=O)OC[C@H](COP(=O)(O)O)OC(=O)CCCCCCCCCCCCCCC(C)C. The van der Waals surface area contributed by atoms with Crippen LogP contribution >= 0.6 is 7.82 Å². The zero-order valence-corrected chi connectivity index (χ0v) is 34.1. The number of hydrogen-bond donors (Lipinski definition) is 3. The Bertz CT molecular complexity index is 1120. The number of ether oxygens (including phenoxy) is 2. The first-order valence-electron chi connectivity index (χ1n) is 20.2. The van der Waals surface area contributed by atoms with Crippen LogP contribution in [0.1, 0.15) is 156 Å². The molecule has 9 nitrogen and oxygen atoms in total. The largest absolute Gasteiger partial charge is 0.469 e. The molecule has 0 rings (SSSR count). The number of carbonyl (C=O) groups is 2. The minimum absolute atomic E-state index is 0.0877. The minimum Gasteiger partial charge on any atom is -0.462 e. The second-order valence-corrected chi connectivity index (χ2v) is 15.2. The normalized spacial score (nSPS) is 13.9. The standard InChI is InChI=1S/C43H73O9P/c1-4-5-6-7-8-9-10-11-12-13-14-18-21-24-27-30-33-40(44)35-36-42(45)50-37-41(38-51-53(47,48)49)52-43(46)34-31-28-25-22-19-16-15-17-20-23-26-29-32-39(2)3/h5-6,8-9,11-12,14,18,24,27,30,33,39-41,44H,4,7,10,13,15-17,19-23,25-26,28-29,31-32,34-38H2,1-3H3,(H2,47,48,49)/b6-5-,9-8-,12-11-,18-14-,27-24-,33-30-/t40?,41-/m1/s1. The second kappa shape index (κ2) is 36.4. The molecule has 0 spiro atoms. The molecule has 0 bridgehead atoms. The molecule has 0 amide bonds. The van der Waals surface area contributed by atoms with Gasteiger partial charge in [-0.2, -0.15) is 0 Å². The summed E-state index contributed by atoms with van der Waals surface area (Å²) in [5.74, 6) is -0.367. The Balaban J connectivity index is 4.19. The summed E-state index contributed by atoms with van der Waals surface area (Å²) in [5.41, 5.74) is 0. The summed E-state index contributed by atoms with van der Waals surface area (Å²) in [4.78, 5) is 42.8. The Kier molecular flexibility index (Phi) is 34.7. The maximum atomic E-state index is 12.4. The highest BCUT2D eigenvalue weighted by molar-refractivity contribution is 7.46. The molecule has 0 heterocycles. The van der Waals surface area contributed by atoms with Crippen molar-refractivity contribution < 1.29 is 43.0 Å². The van der Waals surface area contributed by atoms with Gasteiger partial charge in [-0.15, -0.1) is 0 Å². The quantitative estimate of drug-likeness (QED) is 0.0189. The Hall–Kier alpha value is -2.55. The lowest BCUT2D eigenvalue weighted by Gasteiger charge is -2.18. The lowest BCUT2D eigenvalue weighted by atomic mass is 10.0. The first-order chi connectivity index (χ1) is 25.5. The third-order valence-corrected chi connectivity index (χ3v) is 8.77. The zero-order chi connectivity index (χ0) is 39.3. The van der Waals surface area contributed by atoms with E-state index in [1.807, 2.05) is 12.2 Å². The smallest absolute Gasteiger partial charge is 0.462 e. The van der Waals surface area contributed by atoms with E-state index in [9.17, 15) is 19.3 Å². The maximum absolute atomic E-state index is 12.4. The van der Waals surface area contributed by atoms with Gasteiger partial charge in [-0.25, -0.2) is 4.57 Å². The van der Waals surface area contributed by atoms with Crippen LogP contribution in [0.4, 0.5) is 0 Å². The number of aliphatic hydroxyl groups excluding tert-OH is 1. The van der Waals surface area contributed by atoms with Crippen molar-refractivity contribution in [3.05, 3.63) is 72.9 Å². The lowest BCUT2D eigenvalue weighted by molar-refractivity contribution is -0.161. The number of hydrogen-bond acceptors (Lipinski definition) is 7. The topological polar surface area (TPSA) is 140 Å². The van der Waals surface area contributed by atoms with Crippen molar-refractivity contribution in [2.75, 3.05) is 13.2 Å². The van der Waals surface area contributed by atoms with Gasteiger partial charge in [-0.3, -0.25) is 14.1 Å². The number of phosphoric ester groups is 1. The Morgan fingerprint density at radius 1 is 0.604 bits per heavy atom. The van der Waals surface area contributed by atoms with E-state index in [4.69, 9.17) is 19.3 Å². The van der Waals surface area contributed by atoms with Crippen LogP contribution in [0, 0.1) is 5.92 Å². The van der Waals surface area contributed by atoms with Gasteiger partial charge in [-0.05, 0) is 50.9 Å². The molecule has 0 aliphatic carbocycles. The van der Waals surface area contributed by atoms with Gasteiger partial charge in [-0.1, -0.05) is 171 Å². The molecular weight excluding hydrogens is 691 g/mol. The summed E-state index contributed by atoms with van der Waals surface area (Å²) < 4.78 is 26.2. The van der Waals surface area contributed by atoms with Crippen molar-refractivity contribution in [1.82, 2.24) is 0 Å². The van der Waals surface area contributed by atoms with Gasteiger partial charge in [0.15, 0.2) is 6.10 Å². The van der Waals surface area contributed by atoms with Gasteiger partial charge in [0.05, 0.1) is 12.7 Å². The number of rotatable bonds is 35. The van der Waals surface area contributed by atoms with Crippen LogP contribution in [0.2, 0.25) is 0 Å². The average molecular weight is 765 g/mol. The molecule has 0 fully saturated rings. The third kappa shape index (κ3) is 40.5. The zero-order valence-electron chi connectivity index (χ0n) is 33.2. The third-order valence-electron chi connectivity index (χ3n) is 8.29. The van der Waals surface area contributed by atoms with E-state index in [1.54, 1.807) is 12.2 Å². The van der Waals surface area contributed by atoms with E-state index in [0.717, 1.165) is 57.3 Å². The van der Waals surface area contributed by atoms with Gasteiger partial charge in [0.25, 0.3) is 0 Å². The van der Waals surface area contributed by atoms with Crippen molar-refractivity contribution in [3.63, 3.8) is 0 Å². The molecule has 0 aromatic heterocycles. The molecule has 2 atom stereocenters. The summed E-state index contributed by atoms with van der Waals surface area (Å²) in [6.07, 6.45) is 42.5. The Morgan fingerprint density at radius 2 is 1.09 bits per heavy atom. The molecule has 10 heteroatoms. The highest BCUT2D eigenvalue weighted by Gasteiger charge is 2.23. The Morgan fingerprint density at radius 3 is 1.60 bits per heavy atom. The van der Waals surface area contributed by atoms with Crippen molar-refractivity contribution in [3.8, 4) is 0 Å². The second-order valence-electron chi connectivity index (χ2n) is 13.9. The minimum atomic E-state index is -4.81. The highest BCUT2D eigenvalue weighted by Crippen LogP contribution is 2.36. The summed E-state index contributed by atoms with van der Waals surface area (Å²) >= 11 is 0. The van der Waals surface area contributed by atoms with Crippen molar-refractivity contribution in [1.29, 1.82) is 0 Å². The molecule has 53 heavy (non-hydrogen) atoms. The molecule has 0 saturated heterocycles. The molecule has 0 aromatic rings. The molecule has 3 N–H and O–H groups in total. The lowest BCUT2D eigenvalue weighted by Crippen LogP contribution is -2.29. The molecule has 0 saturated carbocycles. The van der Waals surface area contributed by atoms with E-state index in [-0.39, 0.29) is 19.3 Å². The van der Waals surface area contributed by atoms with Crippen molar-refractivity contribution in [2.45, 2.75) is 168 Å². The van der Waals surface area contributed by atoms with E-state index >= 15 is 0 Å². The first-order valence-corrected chi connectivity index (χ1v) is 21.7. The predicted octanol–water partition coefficient (Wildman–Crippen LogP) is 11.1. The predicted molar refractivity (Wildman–Crippen MR) is 217 cm³/mol. The molecular formula is C43H73O9P. The number of unbranched alkanes of at least 4 members (excludes halogenated alkanes) is 11. The molecule has 0 aromatic carbocycles. The van der Waals surface area contributed by atoms with E-state index in [0.29, 0.717) is 6.42 Å². The Labute approximate surface area is 322 Å². The van der Waals surface area contributed by atoms with Gasteiger partial charge in [0.1, 0.15) is 6.61 Å². The van der Waals surface area contributed by atoms with E-state index < -0.39 is 45.2 Å². The molecule has 304 valence electrons. The number of esters is 2. The maximum Gasteiger partial charge on any atom is 0.469 e. The van der Waals surface area contributed by atoms with Gasteiger partial charge in [0, 0.05) is 12.8 Å². The van der Waals surface area contributed by atoms with Crippen LogP contribution < -0.4 is 0 Å². The molecule has 0 aliphatic heterocycles. The van der Waals surface area contributed by atoms with Crippen LogP contribution in [0.3, 0.4) is 0 Å². The number of phosphoric acid groups is 1. The van der Waals surface area contributed by atoms with Gasteiger partial charge in [0.2, 0.25) is 0 Å². The highest BCUT2D eigenvalue weighted by atomic mass is 31.2. The van der Waals surface area contributed by atoms with E-state index in [2.05, 4.69) is 73.9 Å². The summed E-state index contributed by atoms with van der Waals surface area (Å²) in [6.45, 7) is 5.67. The van der Waals surface area contributed by atoms with Gasteiger partial charge >= 0.3 is 19.8 Å². The summed E-state index contributed by atoms with van der Waals surface area (Å²) in [6, 6.07) is 0. The molecule has 0 radical (unpaired) electrons. The number of aliphatic hydroxyl groups is 1. The fourth-order valence-electron chi connectivity index (χ4n) is 5.25. The van der Waals surface area contributed by atoms with Crippen LogP contribution in [-0.2, 0) is 28.2 Å². The number of allylic oxidation sites excluding steroid dienone is 11. The van der Waals surface area contributed by atoms with Crippen molar-refractivity contribution >= 4 is 19.8 Å². The van der Waals surface area contributed by atoms with Gasteiger partial charge < -0.3 is 24.4 Å². The van der Waals surface area contributed by atoms with Crippen LogP contribution in [0.25, 0.3) is 0 Å². The summed E-state index contributed by atoms with van der Waals surface area (Å²) in [5, 5.41) is 10.2. The number of carbonyl (C=O) groups excluding carboxylic acids is 2. The van der Waals surface area contributed by atoms with Crippen LogP contribution in [-0.4, -0.2) is 52.3 Å². The average Bonchev–Trinajstić information content (AvgIpc) is 3.11. The first kappa shape index (κ1) is 50.5. The van der Waals surface area contributed by atoms with Crippen molar-refractivity contribution in [2.24, 2.45) is 5.92 Å². The fourth-order valence-corrected chi connectivity index (χ4v) is 5.62. The fraction of sp³-hybridized carbons (Fsp3) is 0.674. The molecule has 0 aliphatic rings. The molecule has 1 unspecified atom stereocenters. The van der Waals surface area contributed by atoms with E-state index in [1.165, 1.54) is 57.8 Å². The van der Waals surface area contributed by atoms with Crippen LogP contribution in [0.5, 0.6) is 0 Å².